The maximum atomic E-state index is 12.4. The fourth-order valence-corrected chi connectivity index (χ4v) is 3.19. The number of carbonyl (C=O) groups excluding carboxylic acids is 2. The summed E-state index contributed by atoms with van der Waals surface area (Å²) in [6.07, 6.45) is 4.61. The molecule has 1 aromatic rings. The summed E-state index contributed by atoms with van der Waals surface area (Å²) in [6, 6.07) is 7.27. The van der Waals surface area contributed by atoms with Crippen molar-refractivity contribution in [2.75, 3.05) is 18.4 Å². The van der Waals surface area contributed by atoms with E-state index in [1.54, 1.807) is 32.9 Å². The summed E-state index contributed by atoms with van der Waals surface area (Å²) in [6.45, 7) is 6.09. The van der Waals surface area contributed by atoms with Gasteiger partial charge in [0.05, 0.1) is 5.60 Å². The van der Waals surface area contributed by atoms with Crippen LogP contribution in [0.25, 0.3) is 0 Å². The number of benzene rings is 1. The minimum atomic E-state index is -0.657. The van der Waals surface area contributed by atoms with Crippen molar-refractivity contribution < 1.29 is 19.4 Å². The largest absolute Gasteiger partial charge is 0.444 e. The van der Waals surface area contributed by atoms with Crippen molar-refractivity contribution >= 4 is 17.6 Å². The van der Waals surface area contributed by atoms with E-state index in [1.165, 1.54) is 6.42 Å². The zero-order chi connectivity index (χ0) is 19.9. The second kappa shape index (κ2) is 9.22. The van der Waals surface area contributed by atoms with E-state index >= 15 is 0 Å². The Bertz CT molecular complexity index is 646. The lowest BCUT2D eigenvalue weighted by molar-refractivity contribution is 0.0167. The molecule has 0 aromatic heterocycles. The van der Waals surface area contributed by atoms with Gasteiger partial charge in [0, 0.05) is 30.8 Å². The van der Waals surface area contributed by atoms with E-state index in [9.17, 15) is 14.7 Å². The van der Waals surface area contributed by atoms with Gasteiger partial charge in [-0.1, -0.05) is 31.4 Å². The van der Waals surface area contributed by atoms with Crippen LogP contribution in [0.3, 0.4) is 0 Å². The topological polar surface area (TPSA) is 87.7 Å². The molecule has 1 aromatic carbocycles. The van der Waals surface area contributed by atoms with Crippen molar-refractivity contribution in [3.8, 4) is 0 Å². The number of hydrogen-bond donors (Lipinski definition) is 3. The Balaban J connectivity index is 1.81. The van der Waals surface area contributed by atoms with Gasteiger partial charge in [0.1, 0.15) is 5.60 Å². The Kier molecular flexibility index (Phi) is 7.25. The quantitative estimate of drug-likeness (QED) is 0.628. The van der Waals surface area contributed by atoms with Crippen molar-refractivity contribution in [2.24, 2.45) is 0 Å². The number of Topliss-reactive ketones (excluding diaryl/α,β-unsaturated/α-hetero) is 1. The van der Waals surface area contributed by atoms with Gasteiger partial charge >= 0.3 is 6.09 Å². The van der Waals surface area contributed by atoms with E-state index in [0.717, 1.165) is 31.4 Å². The highest BCUT2D eigenvalue weighted by Gasteiger charge is 2.28. The number of nitrogens with one attached hydrogen (secondary N) is 2. The third kappa shape index (κ3) is 7.59. The van der Waals surface area contributed by atoms with Gasteiger partial charge in [-0.2, -0.15) is 0 Å². The summed E-state index contributed by atoms with van der Waals surface area (Å²) in [5, 5.41) is 16.4. The molecule has 0 atom stereocenters. The first-order valence-corrected chi connectivity index (χ1v) is 9.73. The molecular formula is C21H32N2O4. The molecule has 6 heteroatoms. The number of rotatable bonds is 7. The smallest absolute Gasteiger partial charge is 0.407 e. The number of ketones is 1. The van der Waals surface area contributed by atoms with E-state index in [4.69, 9.17) is 4.74 Å². The second-order valence-corrected chi connectivity index (χ2v) is 8.32. The fraction of sp³-hybridized carbons (Fsp3) is 0.619. The number of alkyl carbamates (subject to hydrolysis) is 1. The molecule has 27 heavy (non-hydrogen) atoms. The molecule has 1 amide bonds. The number of hydrogen-bond acceptors (Lipinski definition) is 5. The molecule has 6 nitrogen and oxygen atoms in total. The molecule has 0 radical (unpaired) electrons. The molecule has 2 rings (SSSR count). The molecule has 0 unspecified atom stereocenters. The Hall–Kier alpha value is -2.08. The van der Waals surface area contributed by atoms with Crippen LogP contribution < -0.4 is 10.6 Å². The van der Waals surface area contributed by atoms with Crippen molar-refractivity contribution in [3.05, 3.63) is 29.8 Å². The highest BCUT2D eigenvalue weighted by Crippen LogP contribution is 2.28. The van der Waals surface area contributed by atoms with E-state index < -0.39 is 17.3 Å². The highest BCUT2D eigenvalue weighted by molar-refractivity contribution is 5.97. The monoisotopic (exact) mass is 376 g/mol. The molecule has 1 aliphatic rings. The van der Waals surface area contributed by atoms with Gasteiger partial charge in [0.15, 0.2) is 5.78 Å². The van der Waals surface area contributed by atoms with Crippen LogP contribution >= 0.6 is 0 Å². The van der Waals surface area contributed by atoms with Gasteiger partial charge < -0.3 is 20.5 Å². The molecule has 1 saturated carbocycles. The first-order chi connectivity index (χ1) is 12.7. The van der Waals surface area contributed by atoms with E-state index in [-0.39, 0.29) is 18.7 Å². The van der Waals surface area contributed by atoms with Gasteiger partial charge in [-0.05, 0) is 45.7 Å². The predicted octanol–water partition coefficient (Wildman–Crippen LogP) is 3.89. The van der Waals surface area contributed by atoms with Crippen LogP contribution in [0.15, 0.2) is 24.3 Å². The normalized spacial score (nSPS) is 16.4. The van der Waals surface area contributed by atoms with Crippen LogP contribution in [0, 0.1) is 0 Å². The molecule has 0 saturated heterocycles. The molecule has 0 spiro atoms. The van der Waals surface area contributed by atoms with Crippen LogP contribution in [-0.2, 0) is 4.74 Å². The zero-order valence-corrected chi connectivity index (χ0v) is 16.6. The SMILES string of the molecule is CC(C)(C)OC(=O)NCCC(=O)c1cccc(NCC2(O)CCCCC2)c1. The maximum absolute atomic E-state index is 12.4. The van der Waals surface area contributed by atoms with Crippen LogP contribution in [-0.4, -0.2) is 41.3 Å². The Labute approximate surface area is 161 Å². The van der Waals surface area contributed by atoms with Crippen molar-refractivity contribution in [3.63, 3.8) is 0 Å². The summed E-state index contributed by atoms with van der Waals surface area (Å²) in [4.78, 5) is 24.0. The Morgan fingerprint density at radius 3 is 2.56 bits per heavy atom. The number of carbonyl (C=O) groups is 2. The number of amides is 1. The fourth-order valence-electron chi connectivity index (χ4n) is 3.19. The third-order valence-corrected chi connectivity index (χ3v) is 4.61. The van der Waals surface area contributed by atoms with Crippen molar-refractivity contribution in [2.45, 2.75) is 70.5 Å². The average molecular weight is 376 g/mol. The minimum absolute atomic E-state index is 0.0499. The lowest BCUT2D eigenvalue weighted by Crippen LogP contribution is -2.38. The molecule has 1 aliphatic carbocycles. The second-order valence-electron chi connectivity index (χ2n) is 8.32. The molecular weight excluding hydrogens is 344 g/mol. The van der Waals surface area contributed by atoms with Crippen molar-refractivity contribution in [1.82, 2.24) is 5.32 Å². The third-order valence-electron chi connectivity index (χ3n) is 4.61. The van der Waals surface area contributed by atoms with Gasteiger partial charge in [-0.3, -0.25) is 4.79 Å². The highest BCUT2D eigenvalue weighted by atomic mass is 16.6. The van der Waals surface area contributed by atoms with Gasteiger partial charge in [0.2, 0.25) is 0 Å². The van der Waals surface area contributed by atoms with Crippen LogP contribution in [0.5, 0.6) is 0 Å². The van der Waals surface area contributed by atoms with E-state index in [1.807, 2.05) is 12.1 Å². The molecule has 0 aliphatic heterocycles. The summed E-state index contributed by atoms with van der Waals surface area (Å²) >= 11 is 0. The minimum Gasteiger partial charge on any atom is -0.444 e. The zero-order valence-electron chi connectivity index (χ0n) is 16.6. The first kappa shape index (κ1) is 21.2. The molecule has 0 bridgehead atoms. The van der Waals surface area contributed by atoms with E-state index in [2.05, 4.69) is 10.6 Å². The van der Waals surface area contributed by atoms with E-state index in [0.29, 0.717) is 12.1 Å². The summed E-state index contributed by atoms with van der Waals surface area (Å²) < 4.78 is 5.15. The lowest BCUT2D eigenvalue weighted by Gasteiger charge is -2.32. The first-order valence-electron chi connectivity index (χ1n) is 9.73. The summed E-state index contributed by atoms with van der Waals surface area (Å²) in [5.74, 6) is -0.0499. The van der Waals surface area contributed by atoms with Gasteiger partial charge in [-0.25, -0.2) is 4.79 Å². The standard InChI is InChI=1S/C21H32N2O4/c1-20(2,3)27-19(25)22-13-10-18(24)16-8-7-9-17(14-16)23-15-21(26)11-5-4-6-12-21/h7-9,14,23,26H,4-6,10-13,15H2,1-3H3,(H,22,25). The van der Waals surface area contributed by atoms with Crippen LogP contribution in [0.4, 0.5) is 10.5 Å². The average Bonchev–Trinajstić information content (AvgIpc) is 2.59. The Morgan fingerprint density at radius 2 is 1.89 bits per heavy atom. The number of aliphatic hydroxyl groups is 1. The Morgan fingerprint density at radius 1 is 1.19 bits per heavy atom. The molecule has 3 N–H and O–H groups in total. The van der Waals surface area contributed by atoms with Crippen LogP contribution in [0.1, 0.15) is 69.7 Å². The van der Waals surface area contributed by atoms with Crippen LogP contribution in [0.2, 0.25) is 0 Å². The van der Waals surface area contributed by atoms with Crippen molar-refractivity contribution in [1.29, 1.82) is 0 Å². The number of anilines is 1. The predicted molar refractivity (Wildman–Crippen MR) is 106 cm³/mol. The molecule has 1 fully saturated rings. The summed E-state index contributed by atoms with van der Waals surface area (Å²) in [5.41, 5.74) is 0.188. The van der Waals surface area contributed by atoms with Gasteiger partial charge in [-0.15, -0.1) is 0 Å². The molecule has 0 heterocycles. The number of ether oxygens (including phenoxy) is 1. The van der Waals surface area contributed by atoms with Gasteiger partial charge in [0.25, 0.3) is 0 Å². The maximum Gasteiger partial charge on any atom is 0.407 e. The summed E-state index contributed by atoms with van der Waals surface area (Å²) in [7, 11) is 0. The lowest BCUT2D eigenvalue weighted by atomic mass is 9.85. The molecule has 150 valence electrons.